The summed E-state index contributed by atoms with van der Waals surface area (Å²) < 4.78 is 69.0. The Bertz CT molecular complexity index is 3270. The fourth-order valence-electron chi connectivity index (χ4n) is 9.22. The monoisotopic (exact) mass is 1170 g/mol. The number of aromatic nitrogens is 2. The fraction of sp³-hybridized carbons (Fsp3) is 0.525. The van der Waals surface area contributed by atoms with Gasteiger partial charge in [0.15, 0.2) is 11.5 Å². The molecule has 5 rings (SSSR count). The van der Waals surface area contributed by atoms with Crippen LogP contribution in [0.15, 0.2) is 87.5 Å². The van der Waals surface area contributed by atoms with Gasteiger partial charge >= 0.3 is 0 Å². The summed E-state index contributed by atoms with van der Waals surface area (Å²) in [5.41, 5.74) is 6.58. The van der Waals surface area contributed by atoms with Crippen LogP contribution in [0.2, 0.25) is 5.02 Å². The standard InChI is InChI=1S/C61H87ClN8O9S2/c1-12-16-17-18-19-20-21-22-23-24-30-55(71)68-81(76,77)54-42-53(78-10)51(41-48(54)62)67-58(72)56(65-49-33-32-45(39-43(49)5)69(15-4)37-36-64-80(11,74)75)57-66-50-29-26-25-28-46(50)59(73)70(57)63-35-27-38-79-52-34-31-44(60(6,7)13-2)40-47(52)61(8,9)14-3/h25-26,28-29,31-34,39-42,63-64H,12-24,27,30,35-38H2,1-11H3,(H,67,72)(H,68,71). The number of likely N-dealkylation sites (N-methyl/N-ethyl adjacent to an activating group) is 1. The zero-order valence-electron chi connectivity index (χ0n) is 49.5. The summed E-state index contributed by atoms with van der Waals surface area (Å²) in [5, 5.41) is 2.76. The van der Waals surface area contributed by atoms with E-state index in [9.17, 15) is 26.4 Å². The predicted molar refractivity (Wildman–Crippen MR) is 330 cm³/mol. The fourth-order valence-corrected chi connectivity index (χ4v) is 11.2. The number of methoxy groups -OCH3 is 1. The minimum absolute atomic E-state index is 0.0170. The van der Waals surface area contributed by atoms with Gasteiger partial charge in [0.2, 0.25) is 15.9 Å². The Hall–Kier alpha value is -6.02. The van der Waals surface area contributed by atoms with Gasteiger partial charge in [-0.15, -0.1) is 0 Å². The van der Waals surface area contributed by atoms with Gasteiger partial charge in [-0.3, -0.25) is 14.4 Å². The maximum Gasteiger partial charge on any atom is 0.280 e. The van der Waals surface area contributed by atoms with Crippen molar-refractivity contribution in [1.29, 1.82) is 0 Å². The lowest BCUT2D eigenvalue weighted by Gasteiger charge is -2.30. The number of nitrogens with zero attached hydrogens (tertiary/aromatic N) is 4. The number of unbranched alkanes of at least 4 members (excludes halogenated alkanes) is 9. The number of anilines is 2. The lowest BCUT2D eigenvalue weighted by molar-refractivity contribution is -0.119. The van der Waals surface area contributed by atoms with Gasteiger partial charge in [-0.1, -0.05) is 142 Å². The Morgan fingerprint density at radius 1 is 0.790 bits per heavy atom. The molecular formula is C61H87ClN8O9S2. The van der Waals surface area contributed by atoms with Crippen molar-refractivity contribution >= 4 is 77.1 Å². The van der Waals surface area contributed by atoms with Crippen molar-refractivity contribution in [2.75, 3.05) is 61.8 Å². The van der Waals surface area contributed by atoms with Crippen LogP contribution in [0.3, 0.4) is 0 Å². The number of hydrogen-bond acceptors (Lipinski definition) is 13. The summed E-state index contributed by atoms with van der Waals surface area (Å²) in [5.74, 6) is -0.987. The molecule has 0 fully saturated rings. The third-order valence-electron chi connectivity index (χ3n) is 15.0. The van der Waals surface area contributed by atoms with E-state index in [1.165, 1.54) is 55.5 Å². The van der Waals surface area contributed by atoms with Crippen molar-refractivity contribution in [2.24, 2.45) is 4.99 Å². The molecule has 1 heterocycles. The van der Waals surface area contributed by atoms with Crippen molar-refractivity contribution in [3.63, 3.8) is 0 Å². The topological polar surface area (TPSA) is 219 Å². The molecule has 4 aromatic carbocycles. The number of ether oxygens (including phenoxy) is 2. The van der Waals surface area contributed by atoms with Crippen LogP contribution in [0, 0.1) is 6.92 Å². The molecule has 0 spiro atoms. The number of carbonyl (C=O) groups excluding carboxylic acids is 2. The van der Waals surface area contributed by atoms with Crippen LogP contribution in [0.25, 0.3) is 10.9 Å². The van der Waals surface area contributed by atoms with Gasteiger partial charge in [0, 0.05) is 56.3 Å². The molecule has 0 bridgehead atoms. The van der Waals surface area contributed by atoms with E-state index >= 15 is 4.79 Å². The second kappa shape index (κ2) is 30.3. The quantitative estimate of drug-likeness (QED) is 0.0223. The Morgan fingerprint density at radius 3 is 2.09 bits per heavy atom. The van der Waals surface area contributed by atoms with E-state index in [2.05, 4.69) is 80.8 Å². The number of benzene rings is 4. The minimum Gasteiger partial charge on any atom is -0.495 e. The Labute approximate surface area is 486 Å². The van der Waals surface area contributed by atoms with Crippen LogP contribution in [-0.4, -0.2) is 90.2 Å². The molecule has 1 aromatic heterocycles. The van der Waals surface area contributed by atoms with E-state index in [4.69, 9.17) is 31.1 Å². The van der Waals surface area contributed by atoms with Crippen LogP contribution in [-0.2, 0) is 40.5 Å². The van der Waals surface area contributed by atoms with Gasteiger partial charge in [0.05, 0.1) is 47.3 Å². The van der Waals surface area contributed by atoms with E-state index < -0.39 is 42.3 Å². The van der Waals surface area contributed by atoms with E-state index in [1.807, 2.05) is 30.9 Å². The van der Waals surface area contributed by atoms with Crippen LogP contribution in [0.4, 0.5) is 17.1 Å². The van der Waals surface area contributed by atoms with Gasteiger partial charge in [-0.2, -0.15) is 0 Å². The molecule has 17 nitrogen and oxygen atoms in total. The molecule has 0 radical (unpaired) electrons. The van der Waals surface area contributed by atoms with Crippen LogP contribution in [0.5, 0.6) is 11.5 Å². The number of halogens is 1. The number of aliphatic imine (C=N–C) groups is 1. The number of aryl methyl sites for hydroxylation is 1. The molecule has 2 amide bonds. The number of hydrogen-bond donors (Lipinski definition) is 4. The average Bonchev–Trinajstić information content (AvgIpc) is 3.57. The molecule has 0 aliphatic heterocycles. The van der Waals surface area contributed by atoms with Crippen molar-refractivity contribution in [2.45, 2.75) is 168 Å². The highest BCUT2D eigenvalue weighted by Gasteiger charge is 2.29. The molecule has 4 N–H and O–H groups in total. The van der Waals surface area contributed by atoms with Crippen molar-refractivity contribution in [3.05, 3.63) is 111 Å². The first kappa shape index (κ1) is 65.8. The van der Waals surface area contributed by atoms with Gasteiger partial charge in [-0.05, 0) is 97.5 Å². The largest absolute Gasteiger partial charge is 0.495 e. The number of carbonyl (C=O) groups is 2. The maximum atomic E-state index is 15.1. The predicted octanol–water partition coefficient (Wildman–Crippen LogP) is 12.0. The van der Waals surface area contributed by atoms with Crippen molar-refractivity contribution in [1.82, 2.24) is 19.1 Å². The average molecular weight is 1180 g/mol. The summed E-state index contributed by atoms with van der Waals surface area (Å²) >= 11 is 6.70. The molecule has 0 unspecified atom stereocenters. The van der Waals surface area contributed by atoms with Crippen LogP contribution < -0.4 is 40.1 Å². The highest BCUT2D eigenvalue weighted by molar-refractivity contribution is 7.90. The number of amides is 2. The van der Waals surface area contributed by atoms with Gasteiger partial charge in [0.1, 0.15) is 16.4 Å². The molecule has 0 aliphatic carbocycles. The third-order valence-corrected chi connectivity index (χ3v) is 17.6. The summed E-state index contributed by atoms with van der Waals surface area (Å²) in [6.07, 6.45) is 14.1. The van der Waals surface area contributed by atoms with Gasteiger partial charge < -0.3 is 25.1 Å². The highest BCUT2D eigenvalue weighted by atomic mass is 35.5. The van der Waals surface area contributed by atoms with Gasteiger partial charge in [-0.25, -0.2) is 40.9 Å². The first-order chi connectivity index (χ1) is 38.4. The molecule has 81 heavy (non-hydrogen) atoms. The van der Waals surface area contributed by atoms with E-state index in [-0.39, 0.29) is 63.7 Å². The second-order valence-corrected chi connectivity index (χ2v) is 25.9. The zero-order valence-corrected chi connectivity index (χ0v) is 51.9. The molecule has 0 aliphatic rings. The Balaban J connectivity index is 1.49. The van der Waals surface area contributed by atoms with E-state index in [0.717, 1.165) is 67.8 Å². The summed E-state index contributed by atoms with van der Waals surface area (Å²) in [4.78, 5) is 54.1. The molecule has 0 saturated heterocycles. The van der Waals surface area contributed by atoms with Gasteiger partial charge in [0.25, 0.3) is 21.5 Å². The molecular weight excluding hydrogens is 1090 g/mol. The third kappa shape index (κ3) is 18.7. The molecule has 5 aromatic rings. The van der Waals surface area contributed by atoms with E-state index in [1.54, 1.807) is 36.4 Å². The lowest BCUT2D eigenvalue weighted by Crippen LogP contribution is -2.39. The SMILES string of the molecule is CCCCCCCCCCCCC(=O)NS(=O)(=O)c1cc(OC)c(NC(=O)C(=Nc2ccc(N(CC)CCNS(C)(=O)=O)cc2C)c2nc3ccccc3c(=O)n2NCCCOc2ccc(C(C)(C)CC)cc2C(C)(C)CC)cc1Cl. The number of sulfonamides is 2. The number of para-hydroxylation sites is 1. The number of fused-ring (bicyclic) bond motifs is 1. The molecule has 444 valence electrons. The molecule has 20 heteroatoms. The normalized spacial score (nSPS) is 12.4. The lowest BCUT2D eigenvalue weighted by atomic mass is 9.76. The smallest absolute Gasteiger partial charge is 0.280 e. The second-order valence-electron chi connectivity index (χ2n) is 22.0. The highest BCUT2D eigenvalue weighted by Crippen LogP contribution is 2.39. The molecule has 0 atom stereocenters. The minimum atomic E-state index is -4.48. The summed E-state index contributed by atoms with van der Waals surface area (Å²) in [6, 6.07) is 20.9. The summed E-state index contributed by atoms with van der Waals surface area (Å²) in [7, 11) is -6.60. The summed E-state index contributed by atoms with van der Waals surface area (Å²) in [6.45, 7) is 20.8. The maximum absolute atomic E-state index is 15.1. The zero-order chi connectivity index (χ0) is 59.5. The number of rotatable bonds is 34. The molecule has 0 saturated carbocycles. The van der Waals surface area contributed by atoms with E-state index in [0.29, 0.717) is 49.3 Å². The van der Waals surface area contributed by atoms with Crippen LogP contribution >= 0.6 is 11.6 Å². The number of nitrogens with one attached hydrogen (secondary N) is 4. The van der Waals surface area contributed by atoms with Crippen LogP contribution in [0.1, 0.15) is 168 Å². The Kier molecular flexibility index (Phi) is 24.6. The first-order valence-electron chi connectivity index (χ1n) is 28.6. The first-order valence-corrected chi connectivity index (χ1v) is 32.3. The Morgan fingerprint density at radius 2 is 1.46 bits per heavy atom. The van der Waals surface area contributed by atoms with Crippen molar-refractivity contribution < 1.29 is 35.9 Å². The van der Waals surface area contributed by atoms with Crippen molar-refractivity contribution in [3.8, 4) is 11.5 Å².